The number of nitrogens with one attached hydrogen (secondary N) is 1. The molecule has 6 nitrogen and oxygen atoms in total. The van der Waals surface area contributed by atoms with Crippen LogP contribution >= 0.6 is 0 Å². The second kappa shape index (κ2) is 7.12. The van der Waals surface area contributed by atoms with E-state index in [1.54, 1.807) is 64.3 Å². The van der Waals surface area contributed by atoms with Gasteiger partial charge in [0.2, 0.25) is 0 Å². The van der Waals surface area contributed by atoms with Gasteiger partial charge in [-0.25, -0.2) is 9.78 Å². The number of carbonyl (C=O) groups excluding carboxylic acids is 2. The van der Waals surface area contributed by atoms with Crippen molar-refractivity contribution in [1.82, 2.24) is 4.98 Å². The number of hydrogen-bond acceptors (Lipinski definition) is 5. The number of methoxy groups -OCH3 is 1. The molecule has 126 valence electrons. The van der Waals surface area contributed by atoms with E-state index in [2.05, 4.69) is 10.3 Å². The highest BCUT2D eigenvalue weighted by atomic mass is 16.6. The van der Waals surface area contributed by atoms with E-state index in [4.69, 9.17) is 9.47 Å². The van der Waals surface area contributed by atoms with Crippen molar-refractivity contribution < 1.29 is 19.1 Å². The zero-order chi connectivity index (χ0) is 17.7. The summed E-state index contributed by atoms with van der Waals surface area (Å²) in [4.78, 5) is 28.1. The average molecular weight is 328 g/mol. The first-order chi connectivity index (χ1) is 11.3. The Bertz CT molecular complexity index is 716. The summed E-state index contributed by atoms with van der Waals surface area (Å²) >= 11 is 0. The van der Waals surface area contributed by atoms with Gasteiger partial charge in [-0.15, -0.1) is 0 Å². The predicted molar refractivity (Wildman–Crippen MR) is 90.5 cm³/mol. The van der Waals surface area contributed by atoms with Crippen LogP contribution in [0.3, 0.4) is 0 Å². The lowest BCUT2D eigenvalue weighted by molar-refractivity contribution is 0.0635. The Hall–Kier alpha value is -2.89. The molecule has 2 aromatic rings. The topological polar surface area (TPSA) is 77.5 Å². The third-order valence-corrected chi connectivity index (χ3v) is 3.01. The Morgan fingerprint density at radius 1 is 1.00 bits per heavy atom. The van der Waals surface area contributed by atoms with E-state index in [9.17, 15) is 9.59 Å². The average Bonchev–Trinajstić information content (AvgIpc) is 2.53. The molecule has 1 aromatic carbocycles. The Balaban J connectivity index is 2.05. The molecule has 0 atom stereocenters. The molecule has 0 spiro atoms. The number of ketones is 1. The van der Waals surface area contributed by atoms with E-state index in [-0.39, 0.29) is 5.78 Å². The third kappa shape index (κ3) is 4.81. The highest BCUT2D eigenvalue weighted by Crippen LogP contribution is 2.16. The van der Waals surface area contributed by atoms with Gasteiger partial charge >= 0.3 is 6.09 Å². The first-order valence-electron chi connectivity index (χ1n) is 7.43. The molecule has 1 N–H and O–H groups in total. The lowest BCUT2D eigenvalue weighted by Gasteiger charge is -2.19. The van der Waals surface area contributed by atoms with Crippen molar-refractivity contribution in [2.75, 3.05) is 12.4 Å². The molecular weight excluding hydrogens is 308 g/mol. The fourth-order valence-electron chi connectivity index (χ4n) is 1.92. The summed E-state index contributed by atoms with van der Waals surface area (Å²) < 4.78 is 10.2. The zero-order valence-electron chi connectivity index (χ0n) is 14.1. The molecule has 1 amide bonds. The van der Waals surface area contributed by atoms with E-state index in [0.29, 0.717) is 22.7 Å². The molecule has 0 aliphatic heterocycles. The van der Waals surface area contributed by atoms with E-state index in [1.165, 1.54) is 6.20 Å². The Morgan fingerprint density at radius 2 is 1.62 bits per heavy atom. The summed E-state index contributed by atoms with van der Waals surface area (Å²) in [5.74, 6) is 0.839. The molecule has 0 saturated carbocycles. The zero-order valence-corrected chi connectivity index (χ0v) is 14.1. The predicted octanol–water partition coefficient (Wildman–Crippen LogP) is 3.67. The summed E-state index contributed by atoms with van der Waals surface area (Å²) in [5, 5.41) is 2.52. The number of ether oxygens (including phenoxy) is 2. The number of carbonyl (C=O) groups is 2. The second-order valence-corrected chi connectivity index (χ2v) is 6.12. The van der Waals surface area contributed by atoms with Crippen LogP contribution in [0.4, 0.5) is 10.6 Å². The van der Waals surface area contributed by atoms with Gasteiger partial charge in [0.25, 0.3) is 0 Å². The number of benzene rings is 1. The smallest absolute Gasteiger partial charge is 0.413 e. The van der Waals surface area contributed by atoms with Crippen LogP contribution in [0.1, 0.15) is 36.7 Å². The van der Waals surface area contributed by atoms with Crippen LogP contribution in [0.2, 0.25) is 0 Å². The molecular formula is C18H20N2O4. The second-order valence-electron chi connectivity index (χ2n) is 6.12. The molecule has 0 radical (unpaired) electrons. The maximum Gasteiger partial charge on any atom is 0.413 e. The summed E-state index contributed by atoms with van der Waals surface area (Å²) in [6, 6.07) is 9.98. The maximum absolute atomic E-state index is 12.4. The molecule has 0 saturated heterocycles. The molecule has 0 aliphatic rings. The van der Waals surface area contributed by atoms with Gasteiger partial charge in [-0.1, -0.05) is 0 Å². The van der Waals surface area contributed by atoms with Crippen LogP contribution in [0.25, 0.3) is 0 Å². The quantitative estimate of drug-likeness (QED) is 0.867. The van der Waals surface area contributed by atoms with Crippen LogP contribution in [-0.2, 0) is 4.74 Å². The van der Waals surface area contributed by atoms with E-state index >= 15 is 0 Å². The van der Waals surface area contributed by atoms with Crippen molar-refractivity contribution in [1.29, 1.82) is 0 Å². The minimum atomic E-state index is -0.593. The lowest BCUT2D eigenvalue weighted by atomic mass is 10.1. The van der Waals surface area contributed by atoms with Gasteiger partial charge in [-0.2, -0.15) is 0 Å². The van der Waals surface area contributed by atoms with Gasteiger partial charge in [0.1, 0.15) is 17.2 Å². The summed E-state index contributed by atoms with van der Waals surface area (Å²) in [5.41, 5.74) is 0.370. The number of amides is 1. The molecule has 1 aromatic heterocycles. The molecule has 2 rings (SSSR count). The number of pyridine rings is 1. The van der Waals surface area contributed by atoms with Crippen molar-refractivity contribution in [3.05, 3.63) is 53.7 Å². The van der Waals surface area contributed by atoms with E-state index in [0.717, 1.165) is 0 Å². The largest absolute Gasteiger partial charge is 0.497 e. The normalized spacial score (nSPS) is 10.8. The first kappa shape index (κ1) is 17.5. The summed E-state index contributed by atoms with van der Waals surface area (Å²) in [6.07, 6.45) is 0.823. The van der Waals surface area contributed by atoms with Crippen LogP contribution < -0.4 is 10.1 Å². The van der Waals surface area contributed by atoms with Gasteiger partial charge in [0, 0.05) is 17.3 Å². The first-order valence-corrected chi connectivity index (χ1v) is 7.43. The SMILES string of the molecule is COc1ccc(C(=O)c2ccc(NC(=O)OC(C)(C)C)nc2)cc1. The van der Waals surface area contributed by atoms with Crippen molar-refractivity contribution in [2.24, 2.45) is 0 Å². The summed E-state index contributed by atoms with van der Waals surface area (Å²) in [6.45, 7) is 5.32. The highest BCUT2D eigenvalue weighted by Gasteiger charge is 2.17. The van der Waals surface area contributed by atoms with E-state index < -0.39 is 11.7 Å². The minimum Gasteiger partial charge on any atom is -0.497 e. The lowest BCUT2D eigenvalue weighted by Crippen LogP contribution is -2.27. The van der Waals surface area contributed by atoms with Crippen LogP contribution in [-0.4, -0.2) is 29.6 Å². The molecule has 0 bridgehead atoms. The van der Waals surface area contributed by atoms with E-state index in [1.807, 2.05) is 0 Å². The molecule has 24 heavy (non-hydrogen) atoms. The maximum atomic E-state index is 12.4. The highest BCUT2D eigenvalue weighted by molar-refractivity contribution is 6.09. The monoisotopic (exact) mass is 328 g/mol. The number of rotatable bonds is 4. The fourth-order valence-corrected chi connectivity index (χ4v) is 1.92. The number of aromatic nitrogens is 1. The Labute approximate surface area is 140 Å². The Kier molecular flexibility index (Phi) is 5.18. The van der Waals surface area contributed by atoms with Gasteiger partial charge in [-0.05, 0) is 57.2 Å². The van der Waals surface area contributed by atoms with Crippen LogP contribution in [0.5, 0.6) is 5.75 Å². The minimum absolute atomic E-state index is 0.158. The van der Waals surface area contributed by atoms with Crippen LogP contribution in [0, 0.1) is 0 Å². The van der Waals surface area contributed by atoms with Crippen molar-refractivity contribution >= 4 is 17.7 Å². The summed E-state index contributed by atoms with van der Waals surface area (Å²) in [7, 11) is 1.57. The fraction of sp³-hybridized carbons (Fsp3) is 0.278. The standard InChI is InChI=1S/C18H20N2O4/c1-18(2,3)24-17(22)20-15-10-7-13(11-19-15)16(21)12-5-8-14(23-4)9-6-12/h5-11H,1-4H3,(H,19,20,22). The Morgan fingerprint density at radius 3 is 2.12 bits per heavy atom. The molecule has 1 heterocycles. The molecule has 6 heteroatoms. The van der Waals surface area contributed by atoms with Gasteiger partial charge in [0.05, 0.1) is 7.11 Å². The molecule has 0 unspecified atom stereocenters. The van der Waals surface area contributed by atoms with Crippen molar-refractivity contribution in [3.63, 3.8) is 0 Å². The van der Waals surface area contributed by atoms with Gasteiger partial charge in [0.15, 0.2) is 5.78 Å². The van der Waals surface area contributed by atoms with Gasteiger partial charge < -0.3 is 9.47 Å². The molecule has 0 fully saturated rings. The van der Waals surface area contributed by atoms with Crippen molar-refractivity contribution in [3.8, 4) is 5.75 Å². The van der Waals surface area contributed by atoms with Crippen LogP contribution in [0.15, 0.2) is 42.6 Å². The van der Waals surface area contributed by atoms with Gasteiger partial charge in [-0.3, -0.25) is 10.1 Å². The molecule has 0 aliphatic carbocycles. The number of anilines is 1. The number of nitrogens with zero attached hydrogens (tertiary/aromatic N) is 1. The number of hydrogen-bond donors (Lipinski definition) is 1. The van der Waals surface area contributed by atoms with Crippen molar-refractivity contribution in [2.45, 2.75) is 26.4 Å². The third-order valence-electron chi connectivity index (χ3n) is 3.01.